The van der Waals surface area contributed by atoms with Gasteiger partial charge < -0.3 is 4.74 Å². The van der Waals surface area contributed by atoms with Gasteiger partial charge in [-0.05, 0) is 17.7 Å². The first-order chi connectivity index (χ1) is 6.26. The van der Waals surface area contributed by atoms with Gasteiger partial charge in [0.1, 0.15) is 0 Å². The Bertz CT molecular complexity index is 320. The van der Waals surface area contributed by atoms with Crippen LogP contribution in [0.25, 0.3) is 6.08 Å². The third-order valence-corrected chi connectivity index (χ3v) is 1.63. The summed E-state index contributed by atoms with van der Waals surface area (Å²) in [4.78, 5) is 14.9. The maximum atomic E-state index is 10.9. The lowest BCUT2D eigenvalue weighted by molar-refractivity contribution is -0.139. The lowest BCUT2D eigenvalue weighted by Gasteiger charge is -1.99. The first kappa shape index (κ1) is 9.45. The molecular weight excluding hydrogens is 166 g/mol. The molecule has 0 amide bonds. The number of carbonyl (C=O) groups is 1. The van der Waals surface area contributed by atoms with Gasteiger partial charge in [0.2, 0.25) is 0 Å². The Kier molecular flexibility index (Phi) is 3.20. The van der Waals surface area contributed by atoms with Crippen LogP contribution >= 0.6 is 0 Å². The van der Waals surface area contributed by atoms with Crippen molar-refractivity contribution in [1.29, 1.82) is 0 Å². The fourth-order valence-corrected chi connectivity index (χ4v) is 0.941. The fraction of sp³-hybridized carbons (Fsp3) is 0.200. The predicted octanol–water partition coefficient (Wildman–Crippen LogP) is 1.44. The molecule has 0 fully saturated rings. The zero-order valence-corrected chi connectivity index (χ0v) is 7.49. The Morgan fingerprint density at radius 3 is 3.15 bits per heavy atom. The van der Waals surface area contributed by atoms with E-state index in [1.54, 1.807) is 12.3 Å². The van der Waals surface area contributed by atoms with E-state index in [0.717, 1.165) is 5.56 Å². The van der Waals surface area contributed by atoms with Gasteiger partial charge in [-0.3, -0.25) is 9.78 Å². The van der Waals surface area contributed by atoms with Crippen molar-refractivity contribution in [1.82, 2.24) is 4.98 Å². The highest BCUT2D eigenvalue weighted by atomic mass is 16.5. The van der Waals surface area contributed by atoms with Crippen molar-refractivity contribution in [3.63, 3.8) is 0 Å². The maximum Gasteiger partial charge on any atom is 0.311 e. The number of hydrogen-bond acceptors (Lipinski definition) is 3. The minimum absolute atomic E-state index is 0.207. The van der Waals surface area contributed by atoms with Gasteiger partial charge in [-0.2, -0.15) is 0 Å². The molecule has 0 spiro atoms. The summed E-state index contributed by atoms with van der Waals surface area (Å²) in [5.41, 5.74) is 1.65. The van der Waals surface area contributed by atoms with E-state index in [2.05, 4.69) is 16.3 Å². The second-order valence-electron chi connectivity index (χ2n) is 2.54. The summed E-state index contributed by atoms with van der Waals surface area (Å²) in [6, 6.07) is 3.64. The van der Waals surface area contributed by atoms with Crippen LogP contribution in [0.3, 0.4) is 0 Å². The summed E-state index contributed by atoms with van der Waals surface area (Å²) in [5.74, 6) is -0.284. The van der Waals surface area contributed by atoms with Crippen molar-refractivity contribution in [2.45, 2.75) is 6.42 Å². The number of nitrogens with zero attached hydrogens (tertiary/aromatic N) is 1. The molecule has 0 saturated carbocycles. The topological polar surface area (TPSA) is 39.2 Å². The van der Waals surface area contributed by atoms with Crippen LogP contribution in [0.5, 0.6) is 0 Å². The van der Waals surface area contributed by atoms with Crippen molar-refractivity contribution < 1.29 is 9.53 Å². The van der Waals surface area contributed by atoms with E-state index in [4.69, 9.17) is 0 Å². The maximum absolute atomic E-state index is 10.9. The highest BCUT2D eigenvalue weighted by Gasteiger charge is 2.03. The molecule has 1 aromatic heterocycles. The van der Waals surface area contributed by atoms with E-state index in [-0.39, 0.29) is 12.4 Å². The Balaban J connectivity index is 2.77. The Morgan fingerprint density at radius 2 is 2.54 bits per heavy atom. The first-order valence-corrected chi connectivity index (χ1v) is 3.90. The van der Waals surface area contributed by atoms with Gasteiger partial charge >= 0.3 is 5.97 Å². The van der Waals surface area contributed by atoms with Gasteiger partial charge in [-0.15, -0.1) is 0 Å². The smallest absolute Gasteiger partial charge is 0.311 e. The summed E-state index contributed by atoms with van der Waals surface area (Å²) in [5, 5.41) is 0. The molecule has 1 rings (SSSR count). The Hall–Kier alpha value is -1.64. The van der Waals surface area contributed by atoms with Crippen LogP contribution in [-0.2, 0) is 16.0 Å². The quantitative estimate of drug-likeness (QED) is 0.656. The van der Waals surface area contributed by atoms with E-state index in [1.807, 2.05) is 12.1 Å². The van der Waals surface area contributed by atoms with Gasteiger partial charge in [0, 0.05) is 6.20 Å². The van der Waals surface area contributed by atoms with Crippen LogP contribution in [0.15, 0.2) is 24.9 Å². The van der Waals surface area contributed by atoms with E-state index >= 15 is 0 Å². The largest absolute Gasteiger partial charge is 0.469 e. The number of hydrogen-bond donors (Lipinski definition) is 0. The van der Waals surface area contributed by atoms with Crippen LogP contribution in [0, 0.1) is 0 Å². The van der Waals surface area contributed by atoms with Crippen LogP contribution in [-0.4, -0.2) is 18.1 Å². The summed E-state index contributed by atoms with van der Waals surface area (Å²) in [6.45, 7) is 3.63. The SMILES string of the molecule is C=Cc1ccnc(CC(=O)OC)c1. The molecule has 0 saturated heterocycles. The van der Waals surface area contributed by atoms with E-state index in [9.17, 15) is 4.79 Å². The van der Waals surface area contributed by atoms with Crippen LogP contribution < -0.4 is 0 Å². The summed E-state index contributed by atoms with van der Waals surface area (Å²) in [7, 11) is 1.36. The predicted molar refractivity (Wildman–Crippen MR) is 50.0 cm³/mol. The second-order valence-corrected chi connectivity index (χ2v) is 2.54. The molecule has 0 aromatic carbocycles. The normalized spacial score (nSPS) is 9.31. The second kappa shape index (κ2) is 4.40. The number of ether oxygens (including phenoxy) is 1. The molecule has 3 heteroatoms. The molecule has 0 bridgehead atoms. The molecule has 0 N–H and O–H groups in total. The number of pyridine rings is 1. The fourth-order valence-electron chi connectivity index (χ4n) is 0.941. The molecular formula is C10H11NO2. The van der Waals surface area contributed by atoms with Crippen LogP contribution in [0.1, 0.15) is 11.3 Å². The standard InChI is InChI=1S/C10H11NO2/c1-3-8-4-5-11-9(6-8)7-10(12)13-2/h3-6H,1,7H2,2H3. The van der Waals surface area contributed by atoms with Crippen molar-refractivity contribution in [2.24, 2.45) is 0 Å². The molecule has 0 aliphatic heterocycles. The lowest BCUT2D eigenvalue weighted by atomic mass is 10.2. The Labute approximate surface area is 77.1 Å². The third-order valence-electron chi connectivity index (χ3n) is 1.63. The highest BCUT2D eigenvalue weighted by molar-refractivity contribution is 5.72. The highest BCUT2D eigenvalue weighted by Crippen LogP contribution is 2.04. The average molecular weight is 177 g/mol. The molecule has 13 heavy (non-hydrogen) atoms. The zero-order chi connectivity index (χ0) is 9.68. The monoisotopic (exact) mass is 177 g/mol. The molecule has 68 valence electrons. The van der Waals surface area contributed by atoms with Crippen molar-refractivity contribution >= 4 is 12.0 Å². The molecule has 0 aliphatic carbocycles. The molecule has 1 aromatic rings. The molecule has 3 nitrogen and oxygen atoms in total. The molecule has 1 heterocycles. The van der Waals surface area contributed by atoms with Gasteiger partial charge in [-0.1, -0.05) is 12.7 Å². The molecule has 0 atom stereocenters. The van der Waals surface area contributed by atoms with Gasteiger partial charge in [0.05, 0.1) is 19.2 Å². The zero-order valence-electron chi connectivity index (χ0n) is 7.49. The minimum Gasteiger partial charge on any atom is -0.469 e. The molecule has 0 unspecified atom stereocenters. The van der Waals surface area contributed by atoms with E-state index < -0.39 is 0 Å². The first-order valence-electron chi connectivity index (χ1n) is 3.90. The van der Waals surface area contributed by atoms with Gasteiger partial charge in [0.25, 0.3) is 0 Å². The van der Waals surface area contributed by atoms with Crippen LogP contribution in [0.4, 0.5) is 0 Å². The number of aromatic nitrogens is 1. The van der Waals surface area contributed by atoms with Crippen molar-refractivity contribution in [3.8, 4) is 0 Å². The number of rotatable bonds is 3. The number of esters is 1. The summed E-state index contributed by atoms with van der Waals surface area (Å²) < 4.78 is 4.52. The Morgan fingerprint density at radius 1 is 1.77 bits per heavy atom. The average Bonchev–Trinajstić information content (AvgIpc) is 2.18. The molecule has 0 aliphatic rings. The summed E-state index contributed by atoms with van der Waals surface area (Å²) >= 11 is 0. The molecule has 0 radical (unpaired) electrons. The van der Waals surface area contributed by atoms with Crippen molar-refractivity contribution in [2.75, 3.05) is 7.11 Å². The van der Waals surface area contributed by atoms with Gasteiger partial charge in [0.15, 0.2) is 0 Å². The minimum atomic E-state index is -0.284. The van der Waals surface area contributed by atoms with E-state index in [1.165, 1.54) is 7.11 Å². The number of carbonyl (C=O) groups excluding carboxylic acids is 1. The lowest BCUT2D eigenvalue weighted by Crippen LogP contribution is -2.05. The van der Waals surface area contributed by atoms with E-state index in [0.29, 0.717) is 5.69 Å². The van der Waals surface area contributed by atoms with Crippen molar-refractivity contribution in [3.05, 3.63) is 36.2 Å². The third kappa shape index (κ3) is 2.71. The van der Waals surface area contributed by atoms with Gasteiger partial charge in [-0.25, -0.2) is 0 Å². The summed E-state index contributed by atoms with van der Waals surface area (Å²) in [6.07, 6.45) is 3.57. The number of methoxy groups -OCH3 is 1. The van der Waals surface area contributed by atoms with Crippen LogP contribution in [0.2, 0.25) is 0 Å².